The molecule has 2 aromatic heterocycles. The normalized spacial score (nSPS) is 16.2. The summed E-state index contributed by atoms with van der Waals surface area (Å²) < 4.78 is 1.61. The molecule has 102 valence electrons. The molecular weight excluding hydrogens is 242 g/mol. The van der Waals surface area contributed by atoms with Crippen molar-refractivity contribution in [1.29, 1.82) is 0 Å². The van der Waals surface area contributed by atoms with Crippen LogP contribution >= 0.6 is 0 Å². The van der Waals surface area contributed by atoms with Crippen molar-refractivity contribution >= 4 is 11.6 Å². The fourth-order valence-electron chi connectivity index (χ4n) is 2.77. The van der Waals surface area contributed by atoms with Crippen molar-refractivity contribution in [3.8, 4) is 0 Å². The van der Waals surface area contributed by atoms with E-state index in [1.54, 1.807) is 4.40 Å². The number of aryl methyl sites for hydroxylation is 2. The number of aromatic nitrogens is 4. The summed E-state index contributed by atoms with van der Waals surface area (Å²) in [5.41, 5.74) is 2.51. The molecule has 3 heterocycles. The zero-order valence-corrected chi connectivity index (χ0v) is 11.4. The van der Waals surface area contributed by atoms with E-state index in [-0.39, 0.29) is 5.69 Å². The van der Waals surface area contributed by atoms with Crippen molar-refractivity contribution in [3.05, 3.63) is 21.7 Å². The minimum absolute atomic E-state index is 0.200. The fourth-order valence-corrected chi connectivity index (χ4v) is 2.77. The molecule has 1 aliphatic heterocycles. The van der Waals surface area contributed by atoms with Gasteiger partial charge in [0.05, 0.1) is 5.69 Å². The van der Waals surface area contributed by atoms with Gasteiger partial charge in [0.1, 0.15) is 0 Å². The minimum atomic E-state index is -0.200. The Bertz CT molecular complexity index is 651. The predicted octanol–water partition coefficient (Wildman–Crippen LogP) is 1.28. The minimum Gasteiger partial charge on any atom is -0.342 e. The average molecular weight is 261 g/mol. The number of fused-ring (bicyclic) bond motifs is 1. The van der Waals surface area contributed by atoms with Crippen molar-refractivity contribution in [3.63, 3.8) is 0 Å². The summed E-state index contributed by atoms with van der Waals surface area (Å²) in [7, 11) is 0. The highest BCUT2D eigenvalue weighted by atomic mass is 16.1. The molecule has 0 aliphatic carbocycles. The maximum Gasteiger partial charge on any atom is 0.350 e. The zero-order valence-electron chi connectivity index (χ0n) is 11.4. The molecular formula is C13H19N5O. The molecule has 2 aromatic rings. The number of nitrogens with one attached hydrogen (secondary N) is 1. The number of anilines is 1. The highest BCUT2D eigenvalue weighted by molar-refractivity contribution is 5.54. The molecule has 1 N–H and O–H groups in total. The highest BCUT2D eigenvalue weighted by Gasteiger charge is 2.20. The lowest BCUT2D eigenvalue weighted by Crippen LogP contribution is -2.34. The van der Waals surface area contributed by atoms with Gasteiger partial charge in [-0.1, -0.05) is 6.92 Å². The maximum atomic E-state index is 12.0. The summed E-state index contributed by atoms with van der Waals surface area (Å²) in [4.78, 5) is 18.9. The van der Waals surface area contributed by atoms with Crippen LogP contribution in [0.1, 0.15) is 37.4 Å². The first-order valence-corrected chi connectivity index (χ1v) is 6.94. The third kappa shape index (κ3) is 1.91. The molecule has 1 aliphatic rings. The number of rotatable bonds is 2. The molecule has 0 unspecified atom stereocenters. The average Bonchev–Trinajstić information content (AvgIpc) is 2.83. The Balaban J connectivity index is 2.24. The lowest BCUT2D eigenvalue weighted by atomic mass is 10.1. The molecule has 19 heavy (non-hydrogen) atoms. The van der Waals surface area contributed by atoms with Gasteiger partial charge in [0, 0.05) is 18.7 Å². The first-order chi connectivity index (χ1) is 9.22. The summed E-state index contributed by atoms with van der Waals surface area (Å²) in [5, 5.41) is 6.68. The Morgan fingerprint density at radius 3 is 2.68 bits per heavy atom. The van der Waals surface area contributed by atoms with E-state index in [2.05, 4.69) is 22.0 Å². The maximum absolute atomic E-state index is 12.0. The Kier molecular flexibility index (Phi) is 3.00. The molecule has 1 fully saturated rings. The van der Waals surface area contributed by atoms with Crippen molar-refractivity contribution in [2.24, 2.45) is 0 Å². The number of H-pyrrole nitrogens is 1. The van der Waals surface area contributed by atoms with Crippen LogP contribution in [0.25, 0.3) is 5.65 Å². The second kappa shape index (κ2) is 4.68. The number of nitrogens with zero attached hydrogens (tertiary/aromatic N) is 4. The third-order valence-corrected chi connectivity index (χ3v) is 3.85. The lowest BCUT2D eigenvalue weighted by molar-refractivity contribution is 0.564. The van der Waals surface area contributed by atoms with Gasteiger partial charge >= 0.3 is 5.69 Å². The molecule has 0 spiro atoms. The van der Waals surface area contributed by atoms with Crippen LogP contribution in [0.3, 0.4) is 0 Å². The number of hydrogen-bond donors (Lipinski definition) is 1. The number of piperidine rings is 1. The summed E-state index contributed by atoms with van der Waals surface area (Å²) in [6.45, 7) is 5.98. The molecule has 0 aromatic carbocycles. The van der Waals surface area contributed by atoms with Crippen LogP contribution < -0.4 is 10.6 Å². The van der Waals surface area contributed by atoms with E-state index in [1.807, 2.05) is 6.92 Å². The quantitative estimate of drug-likeness (QED) is 0.884. The number of aromatic amines is 1. The second-order valence-electron chi connectivity index (χ2n) is 5.07. The number of hydrogen-bond acceptors (Lipinski definition) is 4. The van der Waals surface area contributed by atoms with Crippen LogP contribution in [0, 0.1) is 6.92 Å². The molecule has 3 rings (SSSR count). The highest BCUT2D eigenvalue weighted by Crippen LogP contribution is 2.21. The van der Waals surface area contributed by atoms with E-state index < -0.39 is 0 Å². The molecule has 0 bridgehead atoms. The smallest absolute Gasteiger partial charge is 0.342 e. The lowest BCUT2D eigenvalue weighted by Gasteiger charge is -2.28. The molecule has 0 amide bonds. The van der Waals surface area contributed by atoms with E-state index in [0.717, 1.165) is 49.6 Å². The largest absolute Gasteiger partial charge is 0.350 e. The Morgan fingerprint density at radius 2 is 2.00 bits per heavy atom. The predicted molar refractivity (Wildman–Crippen MR) is 73.8 cm³/mol. The Morgan fingerprint density at radius 1 is 1.26 bits per heavy atom. The summed E-state index contributed by atoms with van der Waals surface area (Å²) >= 11 is 0. The van der Waals surface area contributed by atoms with E-state index in [1.165, 1.54) is 6.42 Å². The first kappa shape index (κ1) is 12.2. The molecule has 6 heteroatoms. The van der Waals surface area contributed by atoms with Crippen LogP contribution in [0.2, 0.25) is 0 Å². The van der Waals surface area contributed by atoms with Crippen LogP contribution in [0.5, 0.6) is 0 Å². The SMILES string of the molecule is CCc1nc(N2CCCCC2)n2c(=O)[nH]nc2c1C. The van der Waals surface area contributed by atoms with E-state index >= 15 is 0 Å². The second-order valence-corrected chi connectivity index (χ2v) is 5.07. The van der Waals surface area contributed by atoms with E-state index in [4.69, 9.17) is 4.98 Å². The Hall–Kier alpha value is -1.85. The van der Waals surface area contributed by atoms with E-state index in [9.17, 15) is 4.79 Å². The van der Waals surface area contributed by atoms with Gasteiger partial charge in [-0.05, 0) is 32.6 Å². The standard InChI is InChI=1S/C13H19N5O/c1-3-10-9(2)11-15-16-13(19)18(11)12(14-10)17-7-5-4-6-8-17/h3-8H2,1-2H3,(H,16,19). The van der Waals surface area contributed by atoms with Gasteiger partial charge in [0.25, 0.3) is 0 Å². The van der Waals surface area contributed by atoms with Crippen LogP contribution in [-0.4, -0.2) is 32.7 Å². The van der Waals surface area contributed by atoms with Gasteiger partial charge in [-0.15, -0.1) is 0 Å². The van der Waals surface area contributed by atoms with Gasteiger partial charge in [0.15, 0.2) is 5.65 Å². The molecule has 0 atom stereocenters. The topological polar surface area (TPSA) is 66.3 Å². The van der Waals surface area contributed by atoms with Crippen molar-refractivity contribution < 1.29 is 0 Å². The third-order valence-electron chi connectivity index (χ3n) is 3.85. The molecule has 1 saturated heterocycles. The van der Waals surface area contributed by atoms with Crippen molar-refractivity contribution in [2.75, 3.05) is 18.0 Å². The summed E-state index contributed by atoms with van der Waals surface area (Å²) in [6.07, 6.45) is 4.42. The fraction of sp³-hybridized carbons (Fsp3) is 0.615. The van der Waals surface area contributed by atoms with Gasteiger partial charge in [-0.25, -0.2) is 19.3 Å². The van der Waals surface area contributed by atoms with Gasteiger partial charge in [-0.3, -0.25) is 0 Å². The van der Waals surface area contributed by atoms with Gasteiger partial charge in [-0.2, -0.15) is 5.10 Å². The first-order valence-electron chi connectivity index (χ1n) is 6.94. The van der Waals surface area contributed by atoms with Crippen LogP contribution in [0.15, 0.2) is 4.79 Å². The van der Waals surface area contributed by atoms with E-state index in [0.29, 0.717) is 5.65 Å². The Labute approximate surface area is 111 Å². The van der Waals surface area contributed by atoms with Gasteiger partial charge < -0.3 is 4.90 Å². The zero-order chi connectivity index (χ0) is 13.4. The van der Waals surface area contributed by atoms with Crippen molar-refractivity contribution in [2.45, 2.75) is 39.5 Å². The summed E-state index contributed by atoms with van der Waals surface area (Å²) in [6, 6.07) is 0. The van der Waals surface area contributed by atoms with Crippen molar-refractivity contribution in [1.82, 2.24) is 19.6 Å². The van der Waals surface area contributed by atoms with Gasteiger partial charge in [0.2, 0.25) is 5.95 Å². The summed E-state index contributed by atoms with van der Waals surface area (Å²) in [5.74, 6) is 0.746. The monoisotopic (exact) mass is 261 g/mol. The van der Waals surface area contributed by atoms with Crippen LogP contribution in [-0.2, 0) is 6.42 Å². The van der Waals surface area contributed by atoms with Crippen LogP contribution in [0.4, 0.5) is 5.95 Å². The molecule has 0 saturated carbocycles. The molecule has 0 radical (unpaired) electrons. The molecule has 6 nitrogen and oxygen atoms in total.